The van der Waals surface area contributed by atoms with E-state index in [0.717, 1.165) is 12.8 Å². The van der Waals surface area contributed by atoms with Gasteiger partial charge >= 0.3 is 0 Å². The molecule has 1 aromatic rings. The fourth-order valence-electron chi connectivity index (χ4n) is 3.24. The highest BCUT2D eigenvalue weighted by atomic mass is 35.5. The Morgan fingerprint density at radius 2 is 2.00 bits per heavy atom. The SMILES string of the molecule is CC(NC(=O)c1cccs1)C(=O)NC1CC2CCC(C1)N2.Cl. The number of hydrogen-bond acceptors (Lipinski definition) is 4. The molecule has 22 heavy (non-hydrogen) atoms. The van der Waals surface area contributed by atoms with E-state index in [1.165, 1.54) is 24.2 Å². The van der Waals surface area contributed by atoms with E-state index in [2.05, 4.69) is 16.0 Å². The number of carbonyl (C=O) groups excluding carboxylic acids is 2. The van der Waals surface area contributed by atoms with Gasteiger partial charge in [0.25, 0.3) is 5.91 Å². The van der Waals surface area contributed by atoms with Gasteiger partial charge in [-0.1, -0.05) is 6.07 Å². The van der Waals surface area contributed by atoms with E-state index in [4.69, 9.17) is 0 Å². The van der Waals surface area contributed by atoms with Crippen LogP contribution in [-0.2, 0) is 4.79 Å². The first kappa shape index (κ1) is 17.2. The fraction of sp³-hybridized carbons (Fsp3) is 0.600. The van der Waals surface area contributed by atoms with E-state index < -0.39 is 6.04 Å². The summed E-state index contributed by atoms with van der Waals surface area (Å²) in [6.45, 7) is 1.73. The molecule has 2 fully saturated rings. The third-order valence-corrected chi connectivity index (χ3v) is 5.17. The quantitative estimate of drug-likeness (QED) is 0.779. The predicted molar refractivity (Wildman–Crippen MR) is 89.6 cm³/mol. The van der Waals surface area contributed by atoms with Gasteiger partial charge in [0, 0.05) is 18.1 Å². The van der Waals surface area contributed by atoms with E-state index >= 15 is 0 Å². The van der Waals surface area contributed by atoms with E-state index in [-0.39, 0.29) is 30.3 Å². The molecule has 0 aromatic carbocycles. The molecule has 0 aliphatic carbocycles. The van der Waals surface area contributed by atoms with Crippen LogP contribution in [0.4, 0.5) is 0 Å². The number of hydrogen-bond donors (Lipinski definition) is 3. The van der Waals surface area contributed by atoms with Crippen molar-refractivity contribution in [1.82, 2.24) is 16.0 Å². The van der Waals surface area contributed by atoms with Crippen LogP contribution in [0.3, 0.4) is 0 Å². The molecule has 3 unspecified atom stereocenters. The Morgan fingerprint density at radius 1 is 1.32 bits per heavy atom. The third-order valence-electron chi connectivity index (χ3n) is 4.31. The molecule has 0 spiro atoms. The number of carbonyl (C=O) groups is 2. The summed E-state index contributed by atoms with van der Waals surface area (Å²) in [5, 5.41) is 11.2. The average Bonchev–Trinajstić information content (AvgIpc) is 3.08. The van der Waals surface area contributed by atoms with Crippen LogP contribution in [-0.4, -0.2) is 36.0 Å². The van der Waals surface area contributed by atoms with Crippen LogP contribution in [0.2, 0.25) is 0 Å². The zero-order valence-electron chi connectivity index (χ0n) is 12.5. The molecular formula is C15H22ClN3O2S. The van der Waals surface area contributed by atoms with Gasteiger partial charge in [0.1, 0.15) is 6.04 Å². The number of amides is 2. The Labute approximate surface area is 140 Å². The van der Waals surface area contributed by atoms with Gasteiger partial charge in [-0.05, 0) is 44.1 Å². The molecule has 0 saturated carbocycles. The first-order valence-electron chi connectivity index (χ1n) is 7.52. The molecule has 2 aliphatic heterocycles. The van der Waals surface area contributed by atoms with Gasteiger partial charge in [-0.3, -0.25) is 9.59 Å². The second-order valence-corrected chi connectivity index (χ2v) is 6.93. The van der Waals surface area contributed by atoms with Crippen LogP contribution >= 0.6 is 23.7 Å². The van der Waals surface area contributed by atoms with Crippen molar-refractivity contribution in [2.75, 3.05) is 0 Å². The van der Waals surface area contributed by atoms with Crippen LogP contribution in [0.15, 0.2) is 17.5 Å². The Morgan fingerprint density at radius 3 is 2.59 bits per heavy atom. The summed E-state index contributed by atoms with van der Waals surface area (Å²) in [6.07, 6.45) is 4.41. The number of halogens is 1. The number of nitrogens with one attached hydrogen (secondary N) is 3. The minimum atomic E-state index is -0.507. The van der Waals surface area contributed by atoms with Gasteiger partial charge in [0.15, 0.2) is 0 Å². The lowest BCUT2D eigenvalue weighted by Crippen LogP contribution is -2.52. The van der Waals surface area contributed by atoms with E-state index in [1.54, 1.807) is 13.0 Å². The zero-order valence-corrected chi connectivity index (χ0v) is 14.1. The maximum Gasteiger partial charge on any atom is 0.261 e. The molecule has 1 aromatic heterocycles. The highest BCUT2D eigenvalue weighted by Crippen LogP contribution is 2.26. The molecule has 7 heteroatoms. The van der Waals surface area contributed by atoms with Gasteiger partial charge in [-0.25, -0.2) is 0 Å². The smallest absolute Gasteiger partial charge is 0.261 e. The fourth-order valence-corrected chi connectivity index (χ4v) is 3.87. The Balaban J connectivity index is 0.00000176. The summed E-state index contributed by atoms with van der Waals surface area (Å²) in [4.78, 5) is 24.8. The van der Waals surface area contributed by atoms with Crippen molar-refractivity contribution in [1.29, 1.82) is 0 Å². The van der Waals surface area contributed by atoms with E-state index in [9.17, 15) is 9.59 Å². The predicted octanol–water partition coefficient (Wildman–Crippen LogP) is 1.69. The Kier molecular flexibility index (Phi) is 5.83. The molecule has 2 saturated heterocycles. The molecule has 2 amide bonds. The first-order chi connectivity index (χ1) is 10.1. The standard InChI is InChI=1S/C15H21N3O2S.ClH/c1-9(16-15(20)13-3-2-6-21-13)14(19)18-12-7-10-4-5-11(8-12)17-10;/h2-3,6,9-12,17H,4-5,7-8H2,1H3,(H,16,20)(H,18,19);1H. The maximum atomic E-state index is 12.2. The lowest BCUT2D eigenvalue weighted by atomic mass is 9.99. The lowest BCUT2D eigenvalue weighted by molar-refractivity contribution is -0.123. The van der Waals surface area contributed by atoms with Crippen molar-refractivity contribution >= 4 is 35.6 Å². The largest absolute Gasteiger partial charge is 0.351 e. The van der Waals surface area contributed by atoms with Crippen molar-refractivity contribution < 1.29 is 9.59 Å². The number of thiophene rings is 1. The normalized spacial score (nSPS) is 27.6. The lowest BCUT2D eigenvalue weighted by Gasteiger charge is -2.30. The molecule has 5 nitrogen and oxygen atoms in total. The monoisotopic (exact) mass is 343 g/mol. The molecule has 3 N–H and O–H groups in total. The first-order valence-corrected chi connectivity index (χ1v) is 8.40. The molecule has 122 valence electrons. The minimum Gasteiger partial charge on any atom is -0.351 e. The topological polar surface area (TPSA) is 70.2 Å². The van der Waals surface area contributed by atoms with E-state index in [0.29, 0.717) is 17.0 Å². The minimum absolute atomic E-state index is 0. The summed E-state index contributed by atoms with van der Waals surface area (Å²) < 4.78 is 0. The molecule has 0 radical (unpaired) electrons. The summed E-state index contributed by atoms with van der Waals surface area (Å²) in [7, 11) is 0. The maximum absolute atomic E-state index is 12.2. The second kappa shape index (κ2) is 7.44. The summed E-state index contributed by atoms with van der Waals surface area (Å²) in [5.41, 5.74) is 0. The van der Waals surface area contributed by atoms with Crippen LogP contribution in [0.5, 0.6) is 0 Å². The molecular weight excluding hydrogens is 322 g/mol. The van der Waals surface area contributed by atoms with Crippen LogP contribution in [0.1, 0.15) is 42.3 Å². The molecule has 2 aliphatic rings. The Bertz CT molecular complexity index is 511. The molecule has 3 heterocycles. The number of piperidine rings is 1. The Hall–Kier alpha value is -1.11. The third kappa shape index (κ3) is 4.00. The van der Waals surface area contributed by atoms with Gasteiger partial charge in [-0.2, -0.15) is 0 Å². The van der Waals surface area contributed by atoms with Crippen molar-refractivity contribution in [2.24, 2.45) is 0 Å². The average molecular weight is 344 g/mol. The summed E-state index contributed by atoms with van der Waals surface area (Å²) in [5.74, 6) is -0.274. The second-order valence-electron chi connectivity index (χ2n) is 5.99. The van der Waals surface area contributed by atoms with Gasteiger partial charge in [-0.15, -0.1) is 23.7 Å². The van der Waals surface area contributed by atoms with Gasteiger partial charge in [0.05, 0.1) is 4.88 Å². The summed E-state index contributed by atoms with van der Waals surface area (Å²) >= 11 is 1.38. The van der Waals surface area contributed by atoms with Crippen LogP contribution in [0, 0.1) is 0 Å². The highest BCUT2D eigenvalue weighted by Gasteiger charge is 2.34. The van der Waals surface area contributed by atoms with Crippen molar-refractivity contribution in [3.8, 4) is 0 Å². The zero-order chi connectivity index (χ0) is 14.8. The van der Waals surface area contributed by atoms with Crippen LogP contribution in [0.25, 0.3) is 0 Å². The molecule has 3 atom stereocenters. The molecule has 3 rings (SSSR count). The number of fused-ring (bicyclic) bond motifs is 2. The van der Waals surface area contributed by atoms with Crippen molar-refractivity contribution in [3.05, 3.63) is 22.4 Å². The van der Waals surface area contributed by atoms with Gasteiger partial charge in [0.2, 0.25) is 5.91 Å². The summed E-state index contributed by atoms with van der Waals surface area (Å²) in [6, 6.07) is 4.41. The van der Waals surface area contributed by atoms with Gasteiger partial charge < -0.3 is 16.0 Å². The van der Waals surface area contributed by atoms with Crippen molar-refractivity contribution in [2.45, 2.75) is 56.8 Å². The van der Waals surface area contributed by atoms with Crippen molar-refractivity contribution in [3.63, 3.8) is 0 Å². The number of rotatable bonds is 4. The van der Waals surface area contributed by atoms with Crippen LogP contribution < -0.4 is 16.0 Å². The van der Waals surface area contributed by atoms with E-state index in [1.807, 2.05) is 11.4 Å². The highest BCUT2D eigenvalue weighted by molar-refractivity contribution is 7.12. The molecule has 2 bridgehead atoms.